The Morgan fingerprint density at radius 2 is 2.15 bits per heavy atom. The molecule has 6 nitrogen and oxygen atoms in total. The van der Waals surface area contributed by atoms with Crippen LogP contribution in [0.2, 0.25) is 0 Å². The third kappa shape index (κ3) is 4.85. The Balaban J connectivity index is 2.68. The van der Waals surface area contributed by atoms with Crippen molar-refractivity contribution in [3.63, 3.8) is 0 Å². The lowest BCUT2D eigenvalue weighted by atomic mass is 10.2. The van der Waals surface area contributed by atoms with E-state index in [0.29, 0.717) is 17.0 Å². The van der Waals surface area contributed by atoms with Gasteiger partial charge in [-0.05, 0) is 19.1 Å². The van der Waals surface area contributed by atoms with Gasteiger partial charge in [-0.3, -0.25) is 9.59 Å². The first kappa shape index (κ1) is 15.9. The second-order valence-corrected chi connectivity index (χ2v) is 4.97. The number of thiophene rings is 1. The summed E-state index contributed by atoms with van der Waals surface area (Å²) in [5, 5.41) is 12.8. The molecule has 0 bridgehead atoms. The van der Waals surface area contributed by atoms with Crippen LogP contribution in [-0.2, 0) is 9.59 Å². The molecular formula is C13H16N2O4S. The van der Waals surface area contributed by atoms with Crippen molar-refractivity contribution in [3.8, 4) is 0 Å². The van der Waals surface area contributed by atoms with Gasteiger partial charge in [0.1, 0.15) is 0 Å². The van der Waals surface area contributed by atoms with Crippen LogP contribution in [0.25, 0.3) is 6.08 Å². The molecule has 0 fully saturated rings. The van der Waals surface area contributed by atoms with E-state index in [1.165, 1.54) is 22.3 Å². The van der Waals surface area contributed by atoms with Gasteiger partial charge in [0, 0.05) is 29.9 Å². The molecule has 1 rings (SSSR count). The molecule has 0 unspecified atom stereocenters. The van der Waals surface area contributed by atoms with E-state index in [1.807, 2.05) is 0 Å². The average Bonchev–Trinajstić information content (AvgIpc) is 2.84. The maximum atomic E-state index is 12.0. The Kier molecular flexibility index (Phi) is 5.92. The van der Waals surface area contributed by atoms with Crippen molar-refractivity contribution in [1.82, 2.24) is 10.2 Å². The quantitative estimate of drug-likeness (QED) is 0.768. The molecule has 0 aliphatic heterocycles. The third-order valence-electron chi connectivity index (χ3n) is 2.36. The minimum atomic E-state index is -1.04. The number of aliphatic carboxylic acids is 1. The van der Waals surface area contributed by atoms with Crippen LogP contribution >= 0.6 is 11.3 Å². The van der Waals surface area contributed by atoms with E-state index in [4.69, 9.17) is 5.11 Å². The van der Waals surface area contributed by atoms with Gasteiger partial charge < -0.3 is 15.3 Å². The summed E-state index contributed by atoms with van der Waals surface area (Å²) in [7, 11) is 1.54. The number of likely N-dealkylation sites (N-methyl/N-ethyl adjacent to an activating group) is 2. The number of nitrogens with one attached hydrogen (secondary N) is 1. The summed E-state index contributed by atoms with van der Waals surface area (Å²) < 4.78 is 0. The largest absolute Gasteiger partial charge is 0.478 e. The van der Waals surface area contributed by atoms with Gasteiger partial charge in [0.15, 0.2) is 0 Å². The molecule has 20 heavy (non-hydrogen) atoms. The number of nitrogens with zero attached hydrogens (tertiary/aromatic N) is 1. The van der Waals surface area contributed by atoms with Crippen LogP contribution in [0.3, 0.4) is 0 Å². The second kappa shape index (κ2) is 7.44. The van der Waals surface area contributed by atoms with Crippen LogP contribution in [0.15, 0.2) is 17.5 Å². The normalized spacial score (nSPS) is 10.5. The zero-order valence-corrected chi connectivity index (χ0v) is 12.1. The van der Waals surface area contributed by atoms with Crippen molar-refractivity contribution in [2.75, 3.05) is 20.1 Å². The topological polar surface area (TPSA) is 86.7 Å². The van der Waals surface area contributed by atoms with Crippen molar-refractivity contribution < 1.29 is 19.5 Å². The molecule has 0 aliphatic rings. The molecule has 2 N–H and O–H groups in total. The summed E-state index contributed by atoms with van der Waals surface area (Å²) in [4.78, 5) is 35.8. The highest BCUT2D eigenvalue weighted by atomic mass is 32.1. The zero-order valence-electron chi connectivity index (χ0n) is 11.3. The Labute approximate surface area is 120 Å². The van der Waals surface area contributed by atoms with E-state index in [9.17, 15) is 14.4 Å². The summed E-state index contributed by atoms with van der Waals surface area (Å²) in [5.74, 6) is -1.54. The van der Waals surface area contributed by atoms with Crippen molar-refractivity contribution in [3.05, 3.63) is 28.0 Å². The number of carbonyl (C=O) groups is 3. The van der Waals surface area contributed by atoms with E-state index in [1.54, 1.807) is 25.4 Å². The number of hydrogen-bond donors (Lipinski definition) is 2. The molecule has 0 atom stereocenters. The molecular weight excluding hydrogens is 280 g/mol. The van der Waals surface area contributed by atoms with Crippen molar-refractivity contribution in [2.45, 2.75) is 6.92 Å². The maximum absolute atomic E-state index is 12.0. The predicted molar refractivity (Wildman–Crippen MR) is 76.6 cm³/mol. The van der Waals surface area contributed by atoms with Gasteiger partial charge in [0.2, 0.25) is 5.91 Å². The molecule has 2 amide bonds. The molecule has 1 aromatic rings. The second-order valence-electron chi connectivity index (χ2n) is 4.02. The molecule has 0 spiro atoms. The molecule has 1 aromatic heterocycles. The molecule has 1 heterocycles. The van der Waals surface area contributed by atoms with Gasteiger partial charge in [-0.2, -0.15) is 0 Å². The average molecular weight is 296 g/mol. The zero-order chi connectivity index (χ0) is 15.1. The van der Waals surface area contributed by atoms with E-state index in [-0.39, 0.29) is 18.4 Å². The van der Waals surface area contributed by atoms with Crippen LogP contribution in [0, 0.1) is 0 Å². The predicted octanol–water partition coefficient (Wildman–Crippen LogP) is 1.05. The number of amides is 2. The van der Waals surface area contributed by atoms with Crippen LogP contribution in [0.5, 0.6) is 0 Å². The number of carbonyl (C=O) groups excluding carboxylic acids is 2. The summed E-state index contributed by atoms with van der Waals surface area (Å²) in [6.07, 6.45) is 2.44. The first-order valence-electron chi connectivity index (χ1n) is 5.95. The number of carboxylic acids is 1. The highest BCUT2D eigenvalue weighted by Crippen LogP contribution is 2.17. The van der Waals surface area contributed by atoms with Crippen molar-refractivity contribution >= 4 is 35.2 Å². The van der Waals surface area contributed by atoms with Crippen LogP contribution in [-0.4, -0.2) is 47.9 Å². The molecule has 108 valence electrons. The fourth-order valence-electron chi connectivity index (χ4n) is 1.47. The summed E-state index contributed by atoms with van der Waals surface area (Å²) >= 11 is 1.27. The van der Waals surface area contributed by atoms with E-state index < -0.39 is 5.97 Å². The lowest BCUT2D eigenvalue weighted by Crippen LogP contribution is -2.38. The van der Waals surface area contributed by atoms with E-state index >= 15 is 0 Å². The highest BCUT2D eigenvalue weighted by Gasteiger charge is 2.15. The number of carboxylic acid groups (broad SMARTS) is 1. The van der Waals surface area contributed by atoms with Gasteiger partial charge >= 0.3 is 5.97 Å². The summed E-state index contributed by atoms with van der Waals surface area (Å²) in [6.45, 7) is 2.31. The Morgan fingerprint density at radius 1 is 1.45 bits per heavy atom. The first-order valence-corrected chi connectivity index (χ1v) is 6.83. The van der Waals surface area contributed by atoms with Gasteiger partial charge in [-0.15, -0.1) is 11.3 Å². The maximum Gasteiger partial charge on any atom is 0.328 e. The Morgan fingerprint density at radius 3 is 2.75 bits per heavy atom. The molecule has 0 radical (unpaired) electrons. The highest BCUT2D eigenvalue weighted by molar-refractivity contribution is 7.11. The van der Waals surface area contributed by atoms with Crippen LogP contribution in [0.4, 0.5) is 0 Å². The Hall–Kier alpha value is -2.15. The third-order valence-corrected chi connectivity index (χ3v) is 3.26. The first-order chi connectivity index (χ1) is 9.43. The lowest BCUT2D eigenvalue weighted by Gasteiger charge is -2.15. The van der Waals surface area contributed by atoms with Crippen molar-refractivity contribution in [1.29, 1.82) is 0 Å². The molecule has 0 saturated carbocycles. The van der Waals surface area contributed by atoms with Crippen LogP contribution < -0.4 is 5.32 Å². The molecule has 0 aliphatic carbocycles. The minimum Gasteiger partial charge on any atom is -0.478 e. The van der Waals surface area contributed by atoms with E-state index in [0.717, 1.165) is 6.08 Å². The number of rotatable bonds is 6. The standard InChI is InChI=1S/C13H16N2O4S/c1-3-14-11(16)7-15(2)13(19)9-6-10(20-8-9)4-5-12(17)18/h4-6,8H,3,7H2,1-2H3,(H,14,16)(H,17,18). The monoisotopic (exact) mass is 296 g/mol. The van der Waals surface area contributed by atoms with Crippen LogP contribution in [0.1, 0.15) is 22.2 Å². The fourth-order valence-corrected chi connectivity index (χ4v) is 2.24. The molecule has 0 aromatic carbocycles. The van der Waals surface area contributed by atoms with Gasteiger partial charge in [0.05, 0.1) is 12.1 Å². The van der Waals surface area contributed by atoms with E-state index in [2.05, 4.69) is 5.32 Å². The SMILES string of the molecule is CCNC(=O)CN(C)C(=O)c1csc(C=CC(=O)O)c1. The minimum absolute atomic E-state index is 0.0111. The lowest BCUT2D eigenvalue weighted by molar-refractivity contribution is -0.131. The Bertz CT molecular complexity index is 536. The number of hydrogen-bond acceptors (Lipinski definition) is 4. The van der Waals surface area contributed by atoms with Crippen molar-refractivity contribution in [2.24, 2.45) is 0 Å². The summed E-state index contributed by atoms with van der Waals surface area (Å²) in [5.41, 5.74) is 0.437. The molecule has 0 saturated heterocycles. The smallest absolute Gasteiger partial charge is 0.328 e. The molecule has 7 heteroatoms. The summed E-state index contributed by atoms with van der Waals surface area (Å²) in [6, 6.07) is 1.60. The fraction of sp³-hybridized carbons (Fsp3) is 0.308. The van der Waals surface area contributed by atoms with Gasteiger partial charge in [0.25, 0.3) is 5.91 Å². The van der Waals surface area contributed by atoms with Gasteiger partial charge in [-0.25, -0.2) is 4.79 Å². The van der Waals surface area contributed by atoms with Gasteiger partial charge in [-0.1, -0.05) is 0 Å².